The van der Waals surface area contributed by atoms with Crippen LogP contribution in [0.25, 0.3) is 0 Å². The average Bonchev–Trinajstić information content (AvgIpc) is 2.38. The SMILES string of the molecule is Cc1ccc(Cl)cc1NC(=S)Nc1cc(Cl)ccc1C. The fraction of sp³-hybridized carbons (Fsp3) is 0.133. The summed E-state index contributed by atoms with van der Waals surface area (Å²) in [7, 11) is 0. The summed E-state index contributed by atoms with van der Waals surface area (Å²) in [5.41, 5.74) is 3.91. The Labute approximate surface area is 134 Å². The number of halogens is 2. The Kier molecular flexibility index (Phi) is 4.86. The van der Waals surface area contributed by atoms with Gasteiger partial charge >= 0.3 is 0 Å². The lowest BCUT2D eigenvalue weighted by Crippen LogP contribution is -2.20. The second kappa shape index (κ2) is 6.44. The summed E-state index contributed by atoms with van der Waals surface area (Å²) in [6.07, 6.45) is 0. The number of thiocarbonyl (C=S) groups is 1. The van der Waals surface area contributed by atoms with E-state index in [-0.39, 0.29) is 0 Å². The van der Waals surface area contributed by atoms with E-state index in [1.54, 1.807) is 0 Å². The Bertz CT molecular complexity index is 601. The van der Waals surface area contributed by atoms with Gasteiger partial charge in [-0.2, -0.15) is 0 Å². The molecule has 2 rings (SSSR count). The fourth-order valence-electron chi connectivity index (χ4n) is 1.73. The first-order valence-corrected chi connectivity index (χ1v) is 7.22. The molecular weight excluding hydrogens is 311 g/mol. The van der Waals surface area contributed by atoms with Crippen LogP contribution in [0.4, 0.5) is 11.4 Å². The van der Waals surface area contributed by atoms with Crippen molar-refractivity contribution in [3.63, 3.8) is 0 Å². The number of hydrogen-bond donors (Lipinski definition) is 2. The molecule has 0 aliphatic heterocycles. The third-order valence-electron chi connectivity index (χ3n) is 2.90. The third-order valence-corrected chi connectivity index (χ3v) is 3.57. The molecular formula is C15H14Cl2N2S. The maximum absolute atomic E-state index is 5.99. The standard InChI is InChI=1S/C15H14Cl2N2S/c1-9-3-5-11(16)7-13(9)18-15(20)19-14-8-12(17)6-4-10(14)2/h3-8H,1-2H3,(H2,18,19,20). The molecule has 0 aliphatic carbocycles. The van der Waals surface area contributed by atoms with Gasteiger partial charge in [0.1, 0.15) is 0 Å². The Balaban J connectivity index is 2.13. The largest absolute Gasteiger partial charge is 0.332 e. The van der Waals surface area contributed by atoms with Crippen molar-refractivity contribution in [2.75, 3.05) is 10.6 Å². The number of benzene rings is 2. The molecule has 2 N–H and O–H groups in total. The van der Waals surface area contributed by atoms with Crippen molar-refractivity contribution in [1.82, 2.24) is 0 Å². The van der Waals surface area contributed by atoms with Crippen LogP contribution in [-0.4, -0.2) is 5.11 Å². The summed E-state index contributed by atoms with van der Waals surface area (Å²) in [6, 6.07) is 11.3. The number of rotatable bonds is 2. The second-order valence-electron chi connectivity index (χ2n) is 4.50. The Morgan fingerprint density at radius 2 is 1.25 bits per heavy atom. The van der Waals surface area contributed by atoms with Crippen molar-refractivity contribution in [3.8, 4) is 0 Å². The van der Waals surface area contributed by atoms with Gasteiger partial charge in [-0.15, -0.1) is 0 Å². The minimum atomic E-state index is 0.501. The van der Waals surface area contributed by atoms with Crippen molar-refractivity contribution in [2.24, 2.45) is 0 Å². The van der Waals surface area contributed by atoms with Gasteiger partial charge in [-0.25, -0.2) is 0 Å². The first-order chi connectivity index (χ1) is 9.45. The smallest absolute Gasteiger partial charge is 0.175 e. The van der Waals surface area contributed by atoms with Gasteiger partial charge in [0.2, 0.25) is 0 Å². The molecule has 2 nitrogen and oxygen atoms in total. The van der Waals surface area contributed by atoms with E-state index in [1.807, 2.05) is 50.2 Å². The van der Waals surface area contributed by atoms with Crippen LogP contribution in [0.2, 0.25) is 10.0 Å². The summed E-state index contributed by atoms with van der Waals surface area (Å²) in [5, 5.41) is 8.11. The molecule has 104 valence electrons. The minimum Gasteiger partial charge on any atom is -0.332 e. The van der Waals surface area contributed by atoms with Crippen molar-refractivity contribution in [1.29, 1.82) is 0 Å². The molecule has 0 aliphatic rings. The molecule has 0 amide bonds. The molecule has 2 aromatic carbocycles. The van der Waals surface area contributed by atoms with Gasteiger partial charge in [0.15, 0.2) is 5.11 Å². The van der Waals surface area contributed by atoms with E-state index in [1.165, 1.54) is 0 Å². The molecule has 0 spiro atoms. The molecule has 0 unspecified atom stereocenters. The van der Waals surface area contributed by atoms with Gasteiger partial charge < -0.3 is 10.6 Å². The highest BCUT2D eigenvalue weighted by Gasteiger charge is 2.05. The van der Waals surface area contributed by atoms with E-state index in [4.69, 9.17) is 35.4 Å². The Hall–Kier alpha value is -1.29. The molecule has 0 radical (unpaired) electrons. The lowest BCUT2D eigenvalue weighted by Gasteiger charge is -2.14. The zero-order valence-electron chi connectivity index (χ0n) is 11.1. The second-order valence-corrected chi connectivity index (χ2v) is 5.78. The summed E-state index contributed by atoms with van der Waals surface area (Å²) in [6.45, 7) is 3.98. The number of aryl methyl sites for hydroxylation is 2. The summed E-state index contributed by atoms with van der Waals surface area (Å²) >= 11 is 17.3. The highest BCUT2D eigenvalue weighted by atomic mass is 35.5. The predicted octanol–water partition coefficient (Wildman–Crippen LogP) is 5.42. The van der Waals surface area contributed by atoms with E-state index in [2.05, 4.69) is 10.6 Å². The zero-order chi connectivity index (χ0) is 14.7. The van der Waals surface area contributed by atoms with E-state index >= 15 is 0 Å². The first kappa shape index (κ1) is 15.1. The fourth-order valence-corrected chi connectivity index (χ4v) is 2.30. The summed E-state index contributed by atoms with van der Waals surface area (Å²) in [4.78, 5) is 0. The number of anilines is 2. The van der Waals surface area contributed by atoms with Gasteiger partial charge in [0.05, 0.1) is 0 Å². The van der Waals surface area contributed by atoms with Crippen LogP contribution in [0, 0.1) is 13.8 Å². The zero-order valence-corrected chi connectivity index (χ0v) is 13.5. The van der Waals surface area contributed by atoms with Crippen molar-refractivity contribution < 1.29 is 0 Å². The summed E-state index contributed by atoms with van der Waals surface area (Å²) < 4.78 is 0. The van der Waals surface area contributed by atoms with Gasteiger partial charge in [-0.05, 0) is 61.5 Å². The van der Waals surface area contributed by atoms with Crippen LogP contribution in [-0.2, 0) is 0 Å². The van der Waals surface area contributed by atoms with Crippen LogP contribution in [0.3, 0.4) is 0 Å². The molecule has 0 fully saturated rings. The van der Waals surface area contributed by atoms with E-state index in [9.17, 15) is 0 Å². The average molecular weight is 325 g/mol. The van der Waals surface area contributed by atoms with Crippen LogP contribution >= 0.6 is 35.4 Å². The maximum atomic E-state index is 5.99. The highest BCUT2D eigenvalue weighted by Crippen LogP contribution is 2.22. The Morgan fingerprint density at radius 1 is 0.850 bits per heavy atom. The molecule has 0 saturated carbocycles. The Morgan fingerprint density at radius 3 is 1.65 bits per heavy atom. The van der Waals surface area contributed by atoms with Gasteiger partial charge in [-0.3, -0.25) is 0 Å². The monoisotopic (exact) mass is 324 g/mol. The molecule has 5 heteroatoms. The molecule has 0 atom stereocenters. The predicted molar refractivity (Wildman–Crippen MR) is 92.2 cm³/mol. The van der Waals surface area contributed by atoms with E-state index in [0.717, 1.165) is 22.5 Å². The van der Waals surface area contributed by atoms with Crippen LogP contribution in [0.1, 0.15) is 11.1 Å². The molecule has 0 heterocycles. The first-order valence-electron chi connectivity index (χ1n) is 6.06. The number of nitrogens with one attached hydrogen (secondary N) is 2. The normalized spacial score (nSPS) is 10.2. The van der Waals surface area contributed by atoms with Crippen molar-refractivity contribution >= 4 is 51.9 Å². The number of hydrogen-bond acceptors (Lipinski definition) is 1. The van der Waals surface area contributed by atoms with Crippen LogP contribution in [0.15, 0.2) is 36.4 Å². The van der Waals surface area contributed by atoms with E-state index in [0.29, 0.717) is 15.2 Å². The lowest BCUT2D eigenvalue weighted by molar-refractivity contribution is 1.44. The van der Waals surface area contributed by atoms with Crippen LogP contribution < -0.4 is 10.6 Å². The van der Waals surface area contributed by atoms with Gasteiger partial charge in [-0.1, -0.05) is 35.3 Å². The lowest BCUT2D eigenvalue weighted by atomic mass is 10.2. The van der Waals surface area contributed by atoms with Gasteiger partial charge in [0.25, 0.3) is 0 Å². The minimum absolute atomic E-state index is 0.501. The maximum Gasteiger partial charge on any atom is 0.175 e. The molecule has 0 saturated heterocycles. The molecule has 0 aromatic heterocycles. The molecule has 0 bridgehead atoms. The van der Waals surface area contributed by atoms with Crippen molar-refractivity contribution in [2.45, 2.75) is 13.8 Å². The van der Waals surface area contributed by atoms with Crippen LogP contribution in [0.5, 0.6) is 0 Å². The highest BCUT2D eigenvalue weighted by molar-refractivity contribution is 7.80. The molecule has 2 aromatic rings. The van der Waals surface area contributed by atoms with E-state index < -0.39 is 0 Å². The molecule has 20 heavy (non-hydrogen) atoms. The quantitative estimate of drug-likeness (QED) is 0.721. The topological polar surface area (TPSA) is 24.1 Å². The van der Waals surface area contributed by atoms with Crippen molar-refractivity contribution in [3.05, 3.63) is 57.6 Å². The van der Waals surface area contributed by atoms with Gasteiger partial charge in [0, 0.05) is 21.4 Å². The summed E-state index contributed by atoms with van der Waals surface area (Å²) in [5.74, 6) is 0. The third kappa shape index (κ3) is 3.85.